The van der Waals surface area contributed by atoms with Crippen molar-refractivity contribution in [3.63, 3.8) is 0 Å². The Labute approximate surface area is 89.6 Å². The third kappa shape index (κ3) is 1.60. The lowest BCUT2D eigenvalue weighted by molar-refractivity contribution is -0.157. The van der Waals surface area contributed by atoms with Gasteiger partial charge < -0.3 is 10.2 Å². The van der Waals surface area contributed by atoms with Gasteiger partial charge in [-0.25, -0.2) is 18.4 Å². The second-order valence-electron chi connectivity index (χ2n) is 4.68. The van der Waals surface area contributed by atoms with Crippen molar-refractivity contribution in [1.29, 1.82) is 0 Å². The maximum atomic E-state index is 12.8. The molecule has 2 fully saturated rings. The molecule has 90 valence electrons. The van der Waals surface area contributed by atoms with Gasteiger partial charge in [-0.2, -0.15) is 0 Å². The molecule has 5 nitrogen and oxygen atoms in total. The Morgan fingerprint density at radius 1 is 1.25 bits per heavy atom. The lowest BCUT2D eigenvalue weighted by atomic mass is 9.65. The highest BCUT2D eigenvalue weighted by atomic mass is 19.3. The van der Waals surface area contributed by atoms with Gasteiger partial charge in [0.2, 0.25) is 5.92 Å². The number of nitrogens with zero attached hydrogens (tertiary/aromatic N) is 1. The molecule has 0 unspecified atom stereocenters. The van der Waals surface area contributed by atoms with Crippen LogP contribution in [-0.2, 0) is 4.79 Å². The topological polar surface area (TPSA) is 77.8 Å². The molecule has 0 aromatic heterocycles. The van der Waals surface area contributed by atoms with Gasteiger partial charge in [-0.1, -0.05) is 0 Å². The predicted octanol–water partition coefficient (Wildman–Crippen LogP) is 1.24. The Kier molecular flexibility index (Phi) is 2.12. The van der Waals surface area contributed by atoms with Crippen molar-refractivity contribution in [3.05, 3.63) is 0 Å². The number of carboxylic acid groups (broad SMARTS) is 2. The Bertz CT molecular complexity index is 325. The highest BCUT2D eigenvalue weighted by Crippen LogP contribution is 2.57. The number of hydrogen-bond acceptors (Lipinski definition) is 2. The second-order valence-corrected chi connectivity index (χ2v) is 4.68. The summed E-state index contributed by atoms with van der Waals surface area (Å²) in [5.74, 6) is -4.04. The van der Waals surface area contributed by atoms with Crippen LogP contribution in [0.4, 0.5) is 13.6 Å². The van der Waals surface area contributed by atoms with E-state index in [0.717, 1.165) is 4.90 Å². The average Bonchev–Trinajstić information content (AvgIpc) is 2.42. The van der Waals surface area contributed by atoms with E-state index >= 15 is 0 Å². The molecule has 16 heavy (non-hydrogen) atoms. The number of carboxylic acids is 1. The molecule has 1 saturated heterocycles. The summed E-state index contributed by atoms with van der Waals surface area (Å²) in [5.41, 5.74) is -0.828. The van der Waals surface area contributed by atoms with Gasteiger partial charge in [0, 0.05) is 24.8 Å². The lowest BCUT2D eigenvalue weighted by Crippen LogP contribution is -2.48. The lowest BCUT2D eigenvalue weighted by Gasteiger charge is -2.44. The van der Waals surface area contributed by atoms with E-state index in [2.05, 4.69) is 0 Å². The van der Waals surface area contributed by atoms with Gasteiger partial charge in [-0.3, -0.25) is 4.90 Å². The van der Waals surface area contributed by atoms with Crippen LogP contribution < -0.4 is 0 Å². The average molecular weight is 235 g/mol. The van der Waals surface area contributed by atoms with Gasteiger partial charge in [0.1, 0.15) is 6.04 Å². The molecule has 1 spiro atoms. The fraction of sp³-hybridized carbons (Fsp3) is 0.778. The Balaban J connectivity index is 2.14. The summed E-state index contributed by atoms with van der Waals surface area (Å²) in [6.07, 6.45) is -2.19. The van der Waals surface area contributed by atoms with E-state index in [0.29, 0.717) is 0 Å². The van der Waals surface area contributed by atoms with E-state index in [-0.39, 0.29) is 13.0 Å². The first-order valence-corrected chi connectivity index (χ1v) is 4.85. The zero-order valence-electron chi connectivity index (χ0n) is 8.32. The van der Waals surface area contributed by atoms with Crippen LogP contribution >= 0.6 is 0 Å². The molecule has 1 atom stereocenters. The van der Waals surface area contributed by atoms with E-state index in [1.807, 2.05) is 0 Å². The Hall–Kier alpha value is -1.40. The normalized spacial score (nSPS) is 30.1. The molecular formula is C9H11F2NO4. The van der Waals surface area contributed by atoms with E-state index < -0.39 is 42.3 Å². The van der Waals surface area contributed by atoms with E-state index in [9.17, 15) is 18.4 Å². The van der Waals surface area contributed by atoms with Crippen LogP contribution in [0.2, 0.25) is 0 Å². The van der Waals surface area contributed by atoms with Crippen molar-refractivity contribution in [2.24, 2.45) is 5.41 Å². The summed E-state index contributed by atoms with van der Waals surface area (Å²) in [5, 5.41) is 17.6. The van der Waals surface area contributed by atoms with Crippen LogP contribution in [0.15, 0.2) is 0 Å². The number of alkyl halides is 2. The first-order valence-electron chi connectivity index (χ1n) is 4.85. The minimum absolute atomic E-state index is 0.00970. The quantitative estimate of drug-likeness (QED) is 0.716. The van der Waals surface area contributed by atoms with Gasteiger partial charge in [-0.15, -0.1) is 0 Å². The van der Waals surface area contributed by atoms with Crippen LogP contribution in [0, 0.1) is 5.41 Å². The number of rotatable bonds is 1. The highest BCUT2D eigenvalue weighted by Gasteiger charge is 2.62. The molecule has 2 N–H and O–H groups in total. The largest absolute Gasteiger partial charge is 0.480 e. The second kappa shape index (κ2) is 3.05. The number of carbonyl (C=O) groups is 2. The van der Waals surface area contributed by atoms with Crippen LogP contribution in [0.3, 0.4) is 0 Å². The molecule has 1 saturated carbocycles. The van der Waals surface area contributed by atoms with Crippen LogP contribution in [0.5, 0.6) is 0 Å². The minimum Gasteiger partial charge on any atom is -0.480 e. The number of hydrogen-bond donors (Lipinski definition) is 2. The predicted molar refractivity (Wildman–Crippen MR) is 47.4 cm³/mol. The molecule has 0 aromatic rings. The molecule has 0 aromatic carbocycles. The molecule has 1 amide bonds. The maximum Gasteiger partial charge on any atom is 0.408 e. The first kappa shape index (κ1) is 11.1. The number of amides is 1. The smallest absolute Gasteiger partial charge is 0.408 e. The van der Waals surface area contributed by atoms with Crippen molar-refractivity contribution in [3.8, 4) is 0 Å². The monoisotopic (exact) mass is 235 g/mol. The summed E-state index contributed by atoms with van der Waals surface area (Å²) in [7, 11) is 0. The van der Waals surface area contributed by atoms with Gasteiger partial charge >= 0.3 is 12.1 Å². The van der Waals surface area contributed by atoms with Gasteiger partial charge in [0.15, 0.2) is 0 Å². The van der Waals surface area contributed by atoms with Crippen molar-refractivity contribution in [2.75, 3.05) is 6.54 Å². The Morgan fingerprint density at radius 2 is 1.81 bits per heavy atom. The van der Waals surface area contributed by atoms with Gasteiger partial charge in [-0.05, 0) is 6.42 Å². The summed E-state index contributed by atoms with van der Waals surface area (Å²) in [4.78, 5) is 22.3. The zero-order valence-corrected chi connectivity index (χ0v) is 8.32. The van der Waals surface area contributed by atoms with Crippen LogP contribution in [0.1, 0.15) is 19.3 Å². The molecule has 0 bridgehead atoms. The molecule has 1 aliphatic carbocycles. The SMILES string of the molecule is O=C(O)[C@@H]1CC2(CN1C(=O)O)CC(F)(F)C2. The number of likely N-dealkylation sites (tertiary alicyclic amines) is 1. The summed E-state index contributed by atoms with van der Waals surface area (Å²) in [6.45, 7) is -0.102. The number of halogens is 2. The summed E-state index contributed by atoms with van der Waals surface area (Å²) < 4.78 is 25.6. The van der Waals surface area contributed by atoms with Gasteiger partial charge in [0.05, 0.1) is 0 Å². The molecule has 1 aliphatic heterocycles. The van der Waals surface area contributed by atoms with Gasteiger partial charge in [0.25, 0.3) is 0 Å². The standard InChI is InChI=1S/C9H11F2NO4/c10-9(11)2-8(3-9)1-5(6(13)14)12(4-8)7(15)16/h5H,1-4H2,(H,13,14)(H,15,16)/t5-/m0/s1. The molecule has 7 heteroatoms. The number of aliphatic carboxylic acids is 1. The zero-order chi connectivity index (χ0) is 12.1. The van der Waals surface area contributed by atoms with Crippen LogP contribution in [0.25, 0.3) is 0 Å². The first-order chi connectivity index (χ1) is 7.25. The third-order valence-electron chi connectivity index (χ3n) is 3.31. The van der Waals surface area contributed by atoms with E-state index in [4.69, 9.17) is 10.2 Å². The summed E-state index contributed by atoms with van der Waals surface area (Å²) in [6, 6.07) is -1.19. The highest BCUT2D eigenvalue weighted by molar-refractivity contribution is 5.80. The van der Waals surface area contributed by atoms with Crippen molar-refractivity contribution < 1.29 is 28.6 Å². The summed E-state index contributed by atoms with van der Waals surface area (Å²) >= 11 is 0. The van der Waals surface area contributed by atoms with E-state index in [1.165, 1.54) is 0 Å². The fourth-order valence-corrected chi connectivity index (χ4v) is 2.78. The van der Waals surface area contributed by atoms with Crippen molar-refractivity contribution in [2.45, 2.75) is 31.2 Å². The molecule has 2 aliphatic rings. The van der Waals surface area contributed by atoms with Crippen molar-refractivity contribution in [1.82, 2.24) is 4.90 Å². The molecule has 1 heterocycles. The third-order valence-corrected chi connectivity index (χ3v) is 3.31. The molecular weight excluding hydrogens is 224 g/mol. The minimum atomic E-state index is -2.77. The van der Waals surface area contributed by atoms with Crippen molar-refractivity contribution >= 4 is 12.1 Å². The molecule has 2 rings (SSSR count). The molecule has 0 radical (unpaired) electrons. The van der Waals surface area contributed by atoms with E-state index in [1.54, 1.807) is 0 Å². The maximum absolute atomic E-state index is 12.8. The Morgan fingerprint density at radius 3 is 2.12 bits per heavy atom. The van der Waals surface area contributed by atoms with Crippen LogP contribution in [-0.4, -0.2) is 45.7 Å². The fourth-order valence-electron chi connectivity index (χ4n) is 2.78.